The molecule has 1 fully saturated rings. The Morgan fingerprint density at radius 2 is 2.21 bits per heavy atom. The van der Waals surface area contributed by atoms with Crippen LogP contribution < -0.4 is 0 Å². The molecule has 0 aliphatic carbocycles. The fourth-order valence-electron chi connectivity index (χ4n) is 3.11. The van der Waals surface area contributed by atoms with E-state index in [-0.39, 0.29) is 5.78 Å². The summed E-state index contributed by atoms with van der Waals surface area (Å²) in [7, 11) is 1.94. The summed E-state index contributed by atoms with van der Waals surface area (Å²) < 4.78 is 1.92. The predicted octanol–water partition coefficient (Wildman–Crippen LogP) is 3.11. The third-order valence-electron chi connectivity index (χ3n) is 4.23. The van der Waals surface area contributed by atoms with Crippen LogP contribution in [0.3, 0.4) is 0 Å². The van der Waals surface area contributed by atoms with Crippen LogP contribution in [0.5, 0.6) is 0 Å². The molecule has 1 aliphatic rings. The Balaban J connectivity index is 1.86. The van der Waals surface area contributed by atoms with Crippen molar-refractivity contribution in [1.29, 1.82) is 0 Å². The summed E-state index contributed by atoms with van der Waals surface area (Å²) in [6.07, 6.45) is 8.40. The molecule has 0 amide bonds. The fourth-order valence-corrected chi connectivity index (χ4v) is 3.11. The first kappa shape index (κ1) is 14.3. The quantitative estimate of drug-likeness (QED) is 0.762. The van der Waals surface area contributed by atoms with Crippen LogP contribution in [0.2, 0.25) is 0 Å². The second-order valence-electron chi connectivity index (χ2n) is 5.79. The first-order valence-electron chi connectivity index (χ1n) is 7.57. The van der Waals surface area contributed by atoms with Crippen LogP contribution in [0.15, 0.2) is 18.3 Å². The molecule has 0 saturated carbocycles. The lowest BCUT2D eigenvalue weighted by atomic mass is 9.96. The van der Waals surface area contributed by atoms with Gasteiger partial charge < -0.3 is 4.57 Å². The molecule has 1 unspecified atom stereocenters. The van der Waals surface area contributed by atoms with E-state index in [9.17, 15) is 4.79 Å². The molecule has 2 rings (SSSR count). The van der Waals surface area contributed by atoms with Crippen LogP contribution in [0.1, 0.15) is 49.5 Å². The molecule has 0 N–H and O–H groups in total. The molecule has 0 bridgehead atoms. The van der Waals surface area contributed by atoms with Crippen molar-refractivity contribution in [1.82, 2.24) is 9.47 Å². The Hall–Kier alpha value is -1.09. The number of likely N-dealkylation sites (tertiary alicyclic amines) is 1. The predicted molar refractivity (Wildman–Crippen MR) is 78.4 cm³/mol. The van der Waals surface area contributed by atoms with Gasteiger partial charge in [-0.1, -0.05) is 19.8 Å². The third-order valence-corrected chi connectivity index (χ3v) is 4.23. The number of ketones is 1. The fraction of sp³-hybridized carbons (Fsp3) is 0.688. The van der Waals surface area contributed by atoms with Gasteiger partial charge in [-0.2, -0.15) is 0 Å². The lowest BCUT2D eigenvalue weighted by molar-refractivity contribution is 0.0924. The highest BCUT2D eigenvalue weighted by Gasteiger charge is 2.19. The lowest BCUT2D eigenvalue weighted by Crippen LogP contribution is -2.31. The highest BCUT2D eigenvalue weighted by Crippen LogP contribution is 2.22. The molecule has 0 radical (unpaired) electrons. The van der Waals surface area contributed by atoms with Gasteiger partial charge in [-0.15, -0.1) is 0 Å². The molecular weight excluding hydrogens is 236 g/mol. The molecule has 0 spiro atoms. The van der Waals surface area contributed by atoms with Crippen molar-refractivity contribution in [3.63, 3.8) is 0 Å². The first-order chi connectivity index (χ1) is 9.20. The van der Waals surface area contributed by atoms with Crippen LogP contribution in [-0.4, -0.2) is 34.9 Å². The van der Waals surface area contributed by atoms with Crippen molar-refractivity contribution in [2.24, 2.45) is 13.0 Å². The molecule has 1 saturated heterocycles. The zero-order valence-corrected chi connectivity index (χ0v) is 12.3. The van der Waals surface area contributed by atoms with Gasteiger partial charge in [0.2, 0.25) is 0 Å². The monoisotopic (exact) mass is 262 g/mol. The molecule has 1 atom stereocenters. The standard InChI is InChI=1S/C16H26N2O/c1-3-6-14-7-4-11-18(12-9-14)13-16(19)15-8-5-10-17(15)2/h5,8,10,14H,3-4,6-7,9,11-13H2,1-2H3. The minimum Gasteiger partial charge on any atom is -0.348 e. The van der Waals surface area contributed by atoms with Gasteiger partial charge in [-0.3, -0.25) is 9.69 Å². The summed E-state index contributed by atoms with van der Waals surface area (Å²) >= 11 is 0. The van der Waals surface area contributed by atoms with E-state index < -0.39 is 0 Å². The summed E-state index contributed by atoms with van der Waals surface area (Å²) in [5.74, 6) is 1.13. The van der Waals surface area contributed by atoms with Crippen molar-refractivity contribution in [3.05, 3.63) is 24.0 Å². The van der Waals surface area contributed by atoms with Crippen LogP contribution >= 0.6 is 0 Å². The number of rotatable bonds is 5. The molecule has 1 aliphatic heterocycles. The van der Waals surface area contributed by atoms with Crippen LogP contribution in [-0.2, 0) is 7.05 Å². The maximum Gasteiger partial charge on any atom is 0.193 e. The maximum absolute atomic E-state index is 12.3. The minimum atomic E-state index is 0.251. The molecule has 19 heavy (non-hydrogen) atoms. The van der Waals surface area contributed by atoms with Crippen LogP contribution in [0.25, 0.3) is 0 Å². The number of carbonyl (C=O) groups is 1. The molecule has 3 heteroatoms. The van der Waals surface area contributed by atoms with E-state index >= 15 is 0 Å². The molecule has 106 valence electrons. The van der Waals surface area contributed by atoms with Gasteiger partial charge in [0.05, 0.1) is 12.2 Å². The number of nitrogens with zero attached hydrogens (tertiary/aromatic N) is 2. The van der Waals surface area contributed by atoms with Gasteiger partial charge in [0.1, 0.15) is 0 Å². The largest absolute Gasteiger partial charge is 0.348 e. The Morgan fingerprint density at radius 3 is 2.89 bits per heavy atom. The SMILES string of the molecule is CCCC1CCCN(CC(=O)c2cccn2C)CC1. The van der Waals surface area contributed by atoms with Gasteiger partial charge in [-0.05, 0) is 50.4 Å². The summed E-state index contributed by atoms with van der Waals surface area (Å²) in [5, 5.41) is 0. The van der Waals surface area contributed by atoms with E-state index in [2.05, 4.69) is 11.8 Å². The summed E-state index contributed by atoms with van der Waals surface area (Å²) in [5.41, 5.74) is 0.828. The van der Waals surface area contributed by atoms with Gasteiger partial charge in [0.25, 0.3) is 0 Å². The maximum atomic E-state index is 12.3. The average Bonchev–Trinajstić information content (AvgIpc) is 2.69. The minimum absolute atomic E-state index is 0.251. The number of carbonyl (C=O) groups excluding carboxylic acids is 1. The smallest absolute Gasteiger partial charge is 0.193 e. The second kappa shape index (κ2) is 6.90. The summed E-state index contributed by atoms with van der Waals surface area (Å²) in [4.78, 5) is 14.6. The summed E-state index contributed by atoms with van der Waals surface area (Å²) in [6, 6.07) is 3.85. The molecule has 1 aromatic heterocycles. The van der Waals surface area contributed by atoms with Crippen molar-refractivity contribution in [2.45, 2.75) is 39.0 Å². The Labute approximate surface area is 116 Å². The van der Waals surface area contributed by atoms with Crippen LogP contribution in [0.4, 0.5) is 0 Å². The zero-order chi connectivity index (χ0) is 13.7. The van der Waals surface area contributed by atoms with E-state index in [1.807, 2.05) is 29.9 Å². The summed E-state index contributed by atoms with van der Waals surface area (Å²) in [6.45, 7) is 5.01. The number of Topliss-reactive ketones (excluding diaryl/α,β-unsaturated/α-hetero) is 1. The molecule has 1 aromatic rings. The second-order valence-corrected chi connectivity index (χ2v) is 5.79. The average molecular weight is 262 g/mol. The van der Waals surface area contributed by atoms with Crippen molar-refractivity contribution in [3.8, 4) is 0 Å². The van der Waals surface area contributed by atoms with Crippen molar-refractivity contribution < 1.29 is 4.79 Å². The highest BCUT2D eigenvalue weighted by molar-refractivity contribution is 5.96. The number of aryl methyl sites for hydroxylation is 1. The van der Waals surface area contributed by atoms with Gasteiger partial charge in [0.15, 0.2) is 5.78 Å². The number of aromatic nitrogens is 1. The Morgan fingerprint density at radius 1 is 1.37 bits per heavy atom. The van der Waals surface area contributed by atoms with Crippen molar-refractivity contribution >= 4 is 5.78 Å². The number of hydrogen-bond donors (Lipinski definition) is 0. The molecule has 3 nitrogen and oxygen atoms in total. The Bertz CT molecular complexity index is 411. The first-order valence-corrected chi connectivity index (χ1v) is 7.57. The Kier molecular flexibility index (Phi) is 5.20. The third kappa shape index (κ3) is 3.93. The van der Waals surface area contributed by atoms with Gasteiger partial charge >= 0.3 is 0 Å². The topological polar surface area (TPSA) is 25.2 Å². The lowest BCUT2D eigenvalue weighted by Gasteiger charge is -2.19. The van der Waals surface area contributed by atoms with Crippen LogP contribution in [0, 0.1) is 5.92 Å². The normalized spacial score (nSPS) is 21.3. The van der Waals surface area contributed by atoms with Gasteiger partial charge in [0, 0.05) is 13.2 Å². The van der Waals surface area contributed by atoms with E-state index in [1.165, 1.54) is 32.1 Å². The van der Waals surface area contributed by atoms with Gasteiger partial charge in [-0.25, -0.2) is 0 Å². The van der Waals surface area contributed by atoms with Crippen molar-refractivity contribution in [2.75, 3.05) is 19.6 Å². The van der Waals surface area contributed by atoms with E-state index in [0.29, 0.717) is 6.54 Å². The van der Waals surface area contributed by atoms with E-state index in [4.69, 9.17) is 0 Å². The highest BCUT2D eigenvalue weighted by atomic mass is 16.1. The van der Waals surface area contributed by atoms with E-state index in [0.717, 1.165) is 24.7 Å². The molecule has 0 aromatic carbocycles. The molecule has 2 heterocycles. The number of hydrogen-bond acceptors (Lipinski definition) is 2. The molecular formula is C16H26N2O. The zero-order valence-electron chi connectivity index (χ0n) is 12.3. The van der Waals surface area contributed by atoms with E-state index in [1.54, 1.807) is 0 Å².